The molecule has 0 saturated carbocycles. The summed E-state index contributed by atoms with van der Waals surface area (Å²) in [7, 11) is 0. The number of rotatable bonds is 5. The number of para-hydroxylation sites is 2. The molecule has 0 spiro atoms. The monoisotopic (exact) mass is 1030 g/mol. The molecule has 0 radical (unpaired) electrons. The van der Waals surface area contributed by atoms with Crippen molar-refractivity contribution in [2.75, 3.05) is 0 Å². The third-order valence-corrected chi connectivity index (χ3v) is 12.6. The van der Waals surface area contributed by atoms with Crippen molar-refractivity contribution in [1.29, 1.82) is 10.5 Å². The van der Waals surface area contributed by atoms with Gasteiger partial charge in [0, 0.05) is 32.7 Å². The van der Waals surface area contributed by atoms with E-state index in [0.717, 1.165) is 18.2 Å². The van der Waals surface area contributed by atoms with Crippen molar-refractivity contribution in [1.82, 2.24) is 9.13 Å². The Kier molecular flexibility index (Phi) is 11.2. The molecule has 0 aliphatic heterocycles. The van der Waals surface area contributed by atoms with Crippen LogP contribution in [0.15, 0.2) is 152 Å². The molecule has 0 aliphatic carbocycles. The van der Waals surface area contributed by atoms with Crippen LogP contribution in [0.1, 0.15) is 38.9 Å². The van der Waals surface area contributed by atoms with Crippen molar-refractivity contribution >= 4 is 43.6 Å². The summed E-state index contributed by atoms with van der Waals surface area (Å²) in [5.41, 5.74) is -10.1. The van der Waals surface area contributed by atoms with Crippen molar-refractivity contribution in [2.24, 2.45) is 0 Å². The molecular formula is C55H25F15N4. The second kappa shape index (κ2) is 16.9. The average molecular weight is 1030 g/mol. The summed E-state index contributed by atoms with van der Waals surface area (Å²) in [6.07, 6.45) is -25.9. The highest BCUT2D eigenvalue weighted by Crippen LogP contribution is 2.49. The van der Waals surface area contributed by atoms with Crippen LogP contribution in [-0.4, -0.2) is 9.13 Å². The molecule has 2 heterocycles. The van der Waals surface area contributed by atoms with Gasteiger partial charge in [0.05, 0.1) is 84.5 Å². The molecule has 2 aromatic heterocycles. The van der Waals surface area contributed by atoms with E-state index >= 15 is 13.2 Å². The smallest absolute Gasteiger partial charge is 0.308 e. The summed E-state index contributed by atoms with van der Waals surface area (Å²) in [5, 5.41) is 22.3. The predicted molar refractivity (Wildman–Crippen MR) is 246 cm³/mol. The standard InChI is InChI=1S/C55H25F15N4/c56-51(57,58)34-18-32(19-35(24-34)52(59,60)61)29-12-14-45-40(22-29)38-7-1-3-10-43(38)73(45)47-16-28(26-71)17-48(50(47)49-31(27-72)6-5-9-42(49)55(68,69)70)74-44-11-4-2-8-39(44)41-23-30(13-15-46(41)74)33-20-36(53(62,63)64)25-37(21-33)54(65,66)67/h1-25H. The molecule has 0 fully saturated rings. The van der Waals surface area contributed by atoms with Gasteiger partial charge >= 0.3 is 30.9 Å². The lowest BCUT2D eigenvalue weighted by Crippen LogP contribution is -2.12. The zero-order valence-corrected chi connectivity index (χ0v) is 36.9. The van der Waals surface area contributed by atoms with Crippen LogP contribution >= 0.6 is 0 Å². The number of hydrogen-bond donors (Lipinski definition) is 0. The van der Waals surface area contributed by atoms with E-state index in [2.05, 4.69) is 0 Å². The molecule has 8 aromatic carbocycles. The molecule has 19 heteroatoms. The first kappa shape index (κ1) is 48.9. The number of nitrogens with zero attached hydrogens (tertiary/aromatic N) is 4. The van der Waals surface area contributed by atoms with E-state index in [-0.39, 0.29) is 78.6 Å². The summed E-state index contributed by atoms with van der Waals surface area (Å²) < 4.78 is 218. The normalized spacial score (nSPS) is 12.8. The van der Waals surface area contributed by atoms with Gasteiger partial charge in [-0.25, -0.2) is 0 Å². The first-order valence-corrected chi connectivity index (χ1v) is 21.6. The molecule has 0 amide bonds. The Morgan fingerprint density at radius 2 is 0.716 bits per heavy atom. The Morgan fingerprint density at radius 3 is 1.08 bits per heavy atom. The molecular weight excluding hydrogens is 1000 g/mol. The Labute approximate surface area is 406 Å². The number of alkyl halides is 15. The van der Waals surface area contributed by atoms with Gasteiger partial charge < -0.3 is 9.13 Å². The van der Waals surface area contributed by atoms with Gasteiger partial charge in [-0.2, -0.15) is 76.4 Å². The van der Waals surface area contributed by atoms with Crippen LogP contribution in [0, 0.1) is 22.7 Å². The molecule has 0 aliphatic rings. The highest BCUT2D eigenvalue weighted by Gasteiger charge is 2.40. The first-order chi connectivity index (χ1) is 34.8. The number of aromatic nitrogens is 2. The number of halogens is 15. The van der Waals surface area contributed by atoms with Crippen LogP contribution in [0.25, 0.3) is 88.4 Å². The maximum atomic E-state index is 15.5. The second-order valence-corrected chi connectivity index (χ2v) is 17.1. The fraction of sp³-hybridized carbons (Fsp3) is 0.0909. The maximum Gasteiger partial charge on any atom is 0.417 e. The Balaban J connectivity index is 1.32. The van der Waals surface area contributed by atoms with Gasteiger partial charge in [0.1, 0.15) is 0 Å². The first-order valence-electron chi connectivity index (χ1n) is 21.6. The zero-order chi connectivity index (χ0) is 53.0. The molecule has 0 bridgehead atoms. The zero-order valence-electron chi connectivity index (χ0n) is 36.9. The summed E-state index contributed by atoms with van der Waals surface area (Å²) >= 11 is 0. The van der Waals surface area contributed by atoms with Crippen molar-refractivity contribution in [2.45, 2.75) is 30.9 Å². The molecule has 10 aromatic rings. The molecule has 74 heavy (non-hydrogen) atoms. The van der Waals surface area contributed by atoms with Crippen molar-refractivity contribution in [3.63, 3.8) is 0 Å². The quantitative estimate of drug-likeness (QED) is 0.161. The molecule has 0 unspecified atom stereocenters. The minimum Gasteiger partial charge on any atom is -0.308 e. The second-order valence-electron chi connectivity index (χ2n) is 17.1. The van der Waals surface area contributed by atoms with Crippen molar-refractivity contribution < 1.29 is 65.9 Å². The summed E-state index contributed by atoms with van der Waals surface area (Å²) in [6.45, 7) is 0. The summed E-state index contributed by atoms with van der Waals surface area (Å²) in [4.78, 5) is 0. The molecule has 0 N–H and O–H groups in total. The van der Waals surface area contributed by atoms with Crippen LogP contribution in [-0.2, 0) is 30.9 Å². The molecule has 370 valence electrons. The lowest BCUT2D eigenvalue weighted by atomic mass is 9.90. The minimum atomic E-state index is -5.19. The third-order valence-electron chi connectivity index (χ3n) is 12.6. The molecule has 0 saturated heterocycles. The van der Waals surface area contributed by atoms with Gasteiger partial charge in [-0.05, 0) is 119 Å². The molecule has 4 nitrogen and oxygen atoms in total. The van der Waals surface area contributed by atoms with Gasteiger partial charge in [0.25, 0.3) is 0 Å². The lowest BCUT2D eigenvalue weighted by Gasteiger charge is -2.24. The van der Waals surface area contributed by atoms with E-state index in [4.69, 9.17) is 0 Å². The number of nitriles is 2. The average Bonchev–Trinajstić information content (AvgIpc) is 3.86. The van der Waals surface area contributed by atoms with Crippen molar-refractivity contribution in [3.8, 4) is 56.9 Å². The Morgan fingerprint density at radius 1 is 0.324 bits per heavy atom. The highest BCUT2D eigenvalue weighted by atomic mass is 19.4. The van der Waals surface area contributed by atoms with Crippen LogP contribution < -0.4 is 0 Å². The van der Waals surface area contributed by atoms with E-state index in [1.807, 2.05) is 12.1 Å². The van der Waals surface area contributed by atoms with E-state index in [9.17, 15) is 63.2 Å². The Bertz CT molecular complexity index is 3760. The van der Waals surface area contributed by atoms with Gasteiger partial charge in [-0.3, -0.25) is 0 Å². The summed E-state index contributed by atoms with van der Waals surface area (Å²) in [6, 6.07) is 31.5. The van der Waals surface area contributed by atoms with Crippen LogP contribution in [0.5, 0.6) is 0 Å². The van der Waals surface area contributed by atoms with E-state index in [0.29, 0.717) is 35.0 Å². The topological polar surface area (TPSA) is 57.4 Å². The number of benzene rings is 8. The Hall–Kier alpha value is -8.71. The maximum absolute atomic E-state index is 15.5. The van der Waals surface area contributed by atoms with Crippen LogP contribution in [0.4, 0.5) is 65.9 Å². The van der Waals surface area contributed by atoms with Gasteiger partial charge in [0.15, 0.2) is 0 Å². The summed E-state index contributed by atoms with van der Waals surface area (Å²) in [5.74, 6) is 0. The third kappa shape index (κ3) is 8.37. The van der Waals surface area contributed by atoms with E-state index in [1.165, 1.54) is 69.8 Å². The lowest BCUT2D eigenvalue weighted by molar-refractivity contribution is -0.144. The van der Waals surface area contributed by atoms with Crippen LogP contribution in [0.2, 0.25) is 0 Å². The number of hydrogen-bond acceptors (Lipinski definition) is 2. The predicted octanol–water partition coefficient (Wildman–Crippen LogP) is 17.7. The fourth-order valence-electron chi connectivity index (χ4n) is 9.50. The van der Waals surface area contributed by atoms with E-state index in [1.54, 1.807) is 36.4 Å². The van der Waals surface area contributed by atoms with Crippen molar-refractivity contribution in [3.05, 3.63) is 191 Å². The highest BCUT2D eigenvalue weighted by molar-refractivity contribution is 6.13. The van der Waals surface area contributed by atoms with E-state index < -0.39 is 81.0 Å². The van der Waals surface area contributed by atoms with Crippen LogP contribution in [0.3, 0.4) is 0 Å². The molecule has 0 atom stereocenters. The SMILES string of the molecule is N#Cc1cc(-n2c3ccccc3c3cc(-c4cc(C(F)(F)F)cc(C(F)(F)F)c4)ccc32)c(-c2c(C#N)cccc2C(F)(F)F)c(-n2c3ccccc3c3cc(-c4cc(C(F)(F)F)cc(C(F)(F)F)c4)ccc32)c1. The van der Waals surface area contributed by atoms with Gasteiger partial charge in [-0.1, -0.05) is 54.6 Å². The number of fused-ring (bicyclic) bond motifs is 6. The van der Waals surface area contributed by atoms with Gasteiger partial charge in [0.2, 0.25) is 0 Å². The largest absolute Gasteiger partial charge is 0.417 e. The minimum absolute atomic E-state index is 0.0248. The molecule has 10 rings (SSSR count). The van der Waals surface area contributed by atoms with Gasteiger partial charge in [-0.15, -0.1) is 0 Å². The fourth-order valence-corrected chi connectivity index (χ4v) is 9.50.